The Bertz CT molecular complexity index is 392. The zero-order chi connectivity index (χ0) is 10.7. The van der Waals surface area contributed by atoms with Crippen LogP contribution in [0.15, 0.2) is 0 Å². The minimum absolute atomic E-state index is 0. The van der Waals surface area contributed by atoms with E-state index in [9.17, 15) is 0 Å². The molecule has 8 heteroatoms. The summed E-state index contributed by atoms with van der Waals surface area (Å²) in [6.07, 6.45) is 0. The van der Waals surface area contributed by atoms with Gasteiger partial charge in [-0.15, -0.1) is 0 Å². The van der Waals surface area contributed by atoms with E-state index in [2.05, 4.69) is 0 Å². The molecule has 0 bridgehead atoms. The molecule has 14 heavy (non-hydrogen) atoms. The molecule has 0 aromatic carbocycles. The largest absolute Gasteiger partial charge is 2.00 e. The van der Waals surface area contributed by atoms with Crippen LogP contribution in [0.5, 0.6) is 0 Å². The van der Waals surface area contributed by atoms with Crippen LogP contribution in [0, 0.1) is 61.4 Å². The molecule has 0 unspecified atom stereocenters. The number of nitriles is 6. The quantitative estimate of drug-likeness (QED) is 0.574. The van der Waals surface area contributed by atoms with Gasteiger partial charge in [-0.1, -0.05) is 0 Å². The third kappa shape index (κ3) is 1.05. The Labute approximate surface area is 91.5 Å². The average molecular weight is 276 g/mol. The van der Waals surface area contributed by atoms with E-state index in [4.69, 9.17) is 31.6 Å². The molecule has 0 aromatic heterocycles. The summed E-state index contributed by atoms with van der Waals surface area (Å²) < 4.78 is 0. The molecule has 0 radical (unpaired) electrons. The molecule has 0 aromatic rings. The minimum atomic E-state index is -6.30. The molecule has 0 saturated heterocycles. The summed E-state index contributed by atoms with van der Waals surface area (Å²) in [4.78, 5) is 6.25. The van der Waals surface area contributed by atoms with Crippen LogP contribution in [-0.2, 0) is 30.2 Å². The molecule has 0 aliphatic rings. The molecule has 63 valence electrons. The Hall–Kier alpha value is -1.92. The van der Waals surface area contributed by atoms with Crippen molar-refractivity contribution in [3.05, 3.63) is 0 Å². The van der Waals surface area contributed by atoms with Crippen molar-refractivity contribution in [1.29, 1.82) is 31.6 Å². The van der Waals surface area contributed by atoms with Crippen LogP contribution < -0.4 is 0 Å². The smallest absolute Gasteiger partial charge is 2.00 e. The predicted molar refractivity (Wildman–Crippen MR) is 33.7 cm³/mol. The molecule has 0 heterocycles. The van der Waals surface area contributed by atoms with Crippen molar-refractivity contribution in [2.24, 2.45) is 0 Å². The molecule has 0 rings (SSSR count). The fraction of sp³-hybridized carbons (Fsp3) is 0. The van der Waals surface area contributed by atoms with Gasteiger partial charge in [0.05, 0.1) is 0 Å². The Kier molecular flexibility index (Phi) is 3.23. The van der Waals surface area contributed by atoms with Gasteiger partial charge in [0.2, 0.25) is 0 Å². The molecular formula is C6MnN6Zn. The molecule has 0 aliphatic carbocycles. The van der Waals surface area contributed by atoms with E-state index in [1.165, 1.54) is 0 Å². The van der Waals surface area contributed by atoms with Gasteiger partial charge in [-0.25, -0.2) is 0 Å². The second kappa shape index (κ2) is 3.09. The molecule has 0 spiro atoms. The van der Waals surface area contributed by atoms with Crippen LogP contribution in [0.4, 0.5) is 0 Å². The number of rotatable bonds is 0. The standard InChI is InChI=1S/6CN.Mn.Zn/c6*1-2;;/q;;;;;;-2;+2. The summed E-state index contributed by atoms with van der Waals surface area (Å²) in [6.45, 7) is 0. The fourth-order valence-corrected chi connectivity index (χ4v) is 1.17. The summed E-state index contributed by atoms with van der Waals surface area (Å²) >= 11 is 0. The Morgan fingerprint density at radius 3 is 0.643 bits per heavy atom. The first-order valence-corrected chi connectivity index (χ1v) is 6.02. The van der Waals surface area contributed by atoms with Gasteiger partial charge < -0.3 is 0 Å². The van der Waals surface area contributed by atoms with E-state index in [0.717, 1.165) is 29.8 Å². The SMILES string of the molecule is N#[C][Mn-2]([C]#N)([C]#N)([C]#N)([C]#N)[C]#N.[Zn+2]. The van der Waals surface area contributed by atoms with Crippen molar-refractivity contribution >= 4 is 0 Å². The van der Waals surface area contributed by atoms with Gasteiger partial charge in [-0.05, 0) is 0 Å². The fourth-order valence-electron chi connectivity index (χ4n) is 0.283. The van der Waals surface area contributed by atoms with Crippen LogP contribution in [0.3, 0.4) is 0 Å². The normalized spacial score (nSPS) is 12.4. The third-order valence-electron chi connectivity index (χ3n) is 1.27. The van der Waals surface area contributed by atoms with Crippen LogP contribution >= 0.6 is 0 Å². The van der Waals surface area contributed by atoms with Crippen LogP contribution in [0.25, 0.3) is 0 Å². The monoisotopic (exact) mass is 275 g/mol. The van der Waals surface area contributed by atoms with Crippen molar-refractivity contribution in [2.75, 3.05) is 0 Å². The second-order valence-corrected chi connectivity index (χ2v) is 7.93. The van der Waals surface area contributed by atoms with Gasteiger partial charge in [0.25, 0.3) is 0 Å². The van der Waals surface area contributed by atoms with E-state index in [-0.39, 0.29) is 19.5 Å². The molecular weight excluding hydrogens is 276 g/mol. The maximum atomic E-state index is 8.58. The molecule has 0 saturated carbocycles. The van der Waals surface area contributed by atoms with Crippen molar-refractivity contribution < 1.29 is 30.2 Å². The average Bonchev–Trinajstić information content (AvgIpc) is 2.26. The van der Waals surface area contributed by atoms with Gasteiger partial charge in [-0.2, -0.15) is 0 Å². The van der Waals surface area contributed by atoms with Crippen molar-refractivity contribution in [3.8, 4) is 29.8 Å². The zero-order valence-electron chi connectivity index (χ0n) is 6.77. The predicted octanol–water partition coefficient (Wildman–Crippen LogP) is 0.0957. The first-order chi connectivity index (χ1) is 5.97. The van der Waals surface area contributed by atoms with E-state index >= 15 is 0 Å². The summed E-state index contributed by atoms with van der Waals surface area (Å²) in [5.41, 5.74) is 0. The van der Waals surface area contributed by atoms with Gasteiger partial charge in [0.1, 0.15) is 0 Å². The molecule has 0 atom stereocenters. The summed E-state index contributed by atoms with van der Waals surface area (Å²) in [5, 5.41) is 51.5. The third-order valence-corrected chi connectivity index (χ3v) is 5.23. The van der Waals surface area contributed by atoms with Gasteiger partial charge in [0.15, 0.2) is 0 Å². The Morgan fingerprint density at radius 2 is 0.643 bits per heavy atom. The first-order valence-electron chi connectivity index (χ1n) is 2.48. The second-order valence-electron chi connectivity index (χ2n) is 1.92. The summed E-state index contributed by atoms with van der Waals surface area (Å²) in [7, 11) is -6.30. The summed E-state index contributed by atoms with van der Waals surface area (Å²) in [5.74, 6) is 0. The first kappa shape index (κ1) is 14.6. The molecule has 0 fully saturated rings. The zero-order valence-corrected chi connectivity index (χ0v) is 10.9. The minimum Gasteiger partial charge on any atom is 2.00 e. The van der Waals surface area contributed by atoms with Crippen LogP contribution in [0.1, 0.15) is 0 Å². The number of nitrogens with zero attached hydrogens (tertiary/aromatic N) is 6. The maximum absolute atomic E-state index is 8.58. The Morgan fingerprint density at radius 1 is 0.500 bits per heavy atom. The van der Waals surface area contributed by atoms with Crippen molar-refractivity contribution in [3.63, 3.8) is 0 Å². The van der Waals surface area contributed by atoms with Crippen LogP contribution in [0.2, 0.25) is 0 Å². The van der Waals surface area contributed by atoms with Gasteiger partial charge in [0, 0.05) is 0 Å². The van der Waals surface area contributed by atoms with Crippen molar-refractivity contribution in [1.82, 2.24) is 0 Å². The van der Waals surface area contributed by atoms with E-state index in [1.54, 1.807) is 0 Å². The maximum Gasteiger partial charge on any atom is 2.00 e. The van der Waals surface area contributed by atoms with Gasteiger partial charge >= 0.3 is 91.6 Å². The Balaban J connectivity index is 0. The topological polar surface area (TPSA) is 143 Å². The van der Waals surface area contributed by atoms with Crippen molar-refractivity contribution in [2.45, 2.75) is 0 Å². The van der Waals surface area contributed by atoms with Crippen LogP contribution in [-0.4, -0.2) is 0 Å². The summed E-state index contributed by atoms with van der Waals surface area (Å²) in [6, 6.07) is 0. The molecule has 0 aliphatic heterocycles. The van der Waals surface area contributed by atoms with E-state index in [0.29, 0.717) is 0 Å². The van der Waals surface area contributed by atoms with E-state index < -0.39 is 10.7 Å². The van der Waals surface area contributed by atoms with Gasteiger partial charge in [-0.3, -0.25) is 0 Å². The molecule has 0 amide bonds. The molecule has 6 nitrogen and oxygen atoms in total. The molecule has 0 N–H and O–H groups in total. The van der Waals surface area contributed by atoms with E-state index in [1.807, 2.05) is 0 Å². The number of hydrogen-bond acceptors (Lipinski definition) is 6. The number of hydrogen-bond donors (Lipinski definition) is 0.